The predicted molar refractivity (Wildman–Crippen MR) is 99.7 cm³/mol. The van der Waals surface area contributed by atoms with Crippen LogP contribution in [0.4, 0.5) is 5.69 Å². The molecule has 0 bridgehead atoms. The first-order valence-corrected chi connectivity index (χ1v) is 10.2. The Bertz CT molecular complexity index is 940. The van der Waals surface area contributed by atoms with Crippen LogP contribution in [-0.4, -0.2) is 45.7 Å². The zero-order valence-corrected chi connectivity index (χ0v) is 15.9. The van der Waals surface area contributed by atoms with E-state index in [0.717, 1.165) is 22.7 Å². The van der Waals surface area contributed by atoms with Crippen LogP contribution in [0.15, 0.2) is 41.3 Å². The molecule has 1 saturated heterocycles. The second kappa shape index (κ2) is 6.64. The Balaban J connectivity index is 1.48. The molecule has 2 aliphatic rings. The first kappa shape index (κ1) is 17.5. The number of halogens is 1. The highest BCUT2D eigenvalue weighted by Crippen LogP contribution is 2.36. The van der Waals surface area contributed by atoms with Crippen molar-refractivity contribution in [3.63, 3.8) is 0 Å². The lowest BCUT2D eigenvalue weighted by molar-refractivity contribution is 0.174. The lowest BCUT2D eigenvalue weighted by Gasteiger charge is -2.35. The Labute approximate surface area is 157 Å². The molecule has 8 heteroatoms. The third-order valence-electron chi connectivity index (χ3n) is 4.74. The van der Waals surface area contributed by atoms with Crippen LogP contribution in [-0.2, 0) is 10.0 Å². The maximum Gasteiger partial charge on any atom is 0.243 e. The Morgan fingerprint density at radius 1 is 0.962 bits per heavy atom. The molecule has 26 heavy (non-hydrogen) atoms. The van der Waals surface area contributed by atoms with Gasteiger partial charge < -0.3 is 14.4 Å². The standard InChI is InChI=1S/C18H19ClN2O4S/c1-13-2-4-15(11-16(13)19)26(22,23)21-8-6-20(7-9-21)14-3-5-17-18(10-14)25-12-24-17/h2-5,10-11H,6-9,12H2,1H3. The van der Waals surface area contributed by atoms with Crippen molar-refractivity contribution in [2.24, 2.45) is 0 Å². The molecule has 4 rings (SSSR count). The molecule has 0 unspecified atom stereocenters. The van der Waals surface area contributed by atoms with Crippen molar-refractivity contribution in [2.75, 3.05) is 37.9 Å². The van der Waals surface area contributed by atoms with E-state index in [9.17, 15) is 8.42 Å². The second-order valence-corrected chi connectivity index (χ2v) is 8.68. The van der Waals surface area contributed by atoms with E-state index in [-0.39, 0.29) is 11.7 Å². The largest absolute Gasteiger partial charge is 0.454 e. The summed E-state index contributed by atoms with van der Waals surface area (Å²) < 4.78 is 38.0. The van der Waals surface area contributed by atoms with Crippen LogP contribution in [0.2, 0.25) is 5.02 Å². The average Bonchev–Trinajstić information content (AvgIpc) is 3.11. The van der Waals surface area contributed by atoms with Crippen LogP contribution < -0.4 is 14.4 Å². The van der Waals surface area contributed by atoms with Gasteiger partial charge in [-0.05, 0) is 36.8 Å². The van der Waals surface area contributed by atoms with Crippen molar-refractivity contribution in [3.8, 4) is 11.5 Å². The maximum absolute atomic E-state index is 12.9. The van der Waals surface area contributed by atoms with Gasteiger partial charge in [0.1, 0.15) is 0 Å². The van der Waals surface area contributed by atoms with Gasteiger partial charge >= 0.3 is 0 Å². The Kier molecular flexibility index (Phi) is 4.46. The van der Waals surface area contributed by atoms with Gasteiger partial charge in [0.25, 0.3) is 0 Å². The number of rotatable bonds is 3. The zero-order chi connectivity index (χ0) is 18.3. The number of fused-ring (bicyclic) bond motifs is 1. The molecule has 1 fully saturated rings. The minimum absolute atomic E-state index is 0.240. The SMILES string of the molecule is Cc1ccc(S(=O)(=O)N2CCN(c3ccc4c(c3)OCO4)CC2)cc1Cl. The summed E-state index contributed by atoms with van der Waals surface area (Å²) in [6.07, 6.45) is 0. The molecule has 138 valence electrons. The second-order valence-electron chi connectivity index (χ2n) is 6.34. The van der Waals surface area contributed by atoms with Crippen LogP contribution in [0.25, 0.3) is 0 Å². The molecule has 0 aliphatic carbocycles. The monoisotopic (exact) mass is 394 g/mol. The molecule has 0 saturated carbocycles. The Hall–Kier alpha value is -1.96. The number of piperazine rings is 1. The van der Waals surface area contributed by atoms with E-state index < -0.39 is 10.0 Å². The zero-order valence-electron chi connectivity index (χ0n) is 14.3. The van der Waals surface area contributed by atoms with Crippen molar-refractivity contribution in [1.82, 2.24) is 4.31 Å². The molecule has 0 amide bonds. The predicted octanol–water partition coefficient (Wildman–Crippen LogP) is 2.89. The normalized spacial score (nSPS) is 17.5. The van der Waals surface area contributed by atoms with Gasteiger partial charge in [0.2, 0.25) is 16.8 Å². The van der Waals surface area contributed by atoms with Crippen molar-refractivity contribution >= 4 is 27.3 Å². The van der Waals surface area contributed by atoms with Gasteiger partial charge in [-0.15, -0.1) is 0 Å². The average molecular weight is 395 g/mol. The van der Waals surface area contributed by atoms with Crippen LogP contribution >= 0.6 is 11.6 Å². The number of anilines is 1. The van der Waals surface area contributed by atoms with Gasteiger partial charge in [-0.25, -0.2) is 8.42 Å². The van der Waals surface area contributed by atoms with Gasteiger partial charge in [0.05, 0.1) is 4.90 Å². The Morgan fingerprint density at radius 2 is 1.69 bits per heavy atom. The molecule has 2 aliphatic heterocycles. The summed E-state index contributed by atoms with van der Waals surface area (Å²) in [6.45, 7) is 4.15. The highest BCUT2D eigenvalue weighted by molar-refractivity contribution is 7.89. The van der Waals surface area contributed by atoms with Gasteiger partial charge in [0, 0.05) is 43.0 Å². The van der Waals surface area contributed by atoms with Crippen LogP contribution in [0.1, 0.15) is 5.56 Å². The number of hydrogen-bond acceptors (Lipinski definition) is 5. The topological polar surface area (TPSA) is 59.1 Å². The molecule has 2 aromatic rings. The molecule has 0 N–H and O–H groups in total. The summed E-state index contributed by atoms with van der Waals surface area (Å²) in [5.41, 5.74) is 1.86. The van der Waals surface area contributed by atoms with Crippen LogP contribution in [0.3, 0.4) is 0 Å². The summed E-state index contributed by atoms with van der Waals surface area (Å²) in [5.74, 6) is 1.47. The third kappa shape index (κ3) is 3.11. The minimum Gasteiger partial charge on any atom is -0.454 e. The summed E-state index contributed by atoms with van der Waals surface area (Å²) in [6, 6.07) is 10.7. The fraction of sp³-hybridized carbons (Fsp3) is 0.333. The number of nitrogens with zero attached hydrogens (tertiary/aromatic N) is 2. The highest BCUT2D eigenvalue weighted by atomic mass is 35.5. The molecular weight excluding hydrogens is 376 g/mol. The molecular formula is C18H19ClN2O4S. The van der Waals surface area contributed by atoms with Crippen LogP contribution in [0, 0.1) is 6.92 Å². The summed E-state index contributed by atoms with van der Waals surface area (Å²) in [5, 5.41) is 0.463. The van der Waals surface area contributed by atoms with Crippen molar-refractivity contribution < 1.29 is 17.9 Å². The fourth-order valence-corrected chi connectivity index (χ4v) is 4.85. The molecule has 0 radical (unpaired) electrons. The van der Waals surface area contributed by atoms with E-state index in [0.29, 0.717) is 31.2 Å². The number of benzene rings is 2. The molecule has 0 atom stereocenters. The van der Waals surface area contributed by atoms with Gasteiger partial charge in [0.15, 0.2) is 11.5 Å². The molecule has 0 spiro atoms. The van der Waals surface area contributed by atoms with E-state index in [2.05, 4.69) is 4.90 Å². The van der Waals surface area contributed by atoms with Gasteiger partial charge in [-0.2, -0.15) is 4.31 Å². The van der Waals surface area contributed by atoms with Crippen molar-refractivity contribution in [2.45, 2.75) is 11.8 Å². The van der Waals surface area contributed by atoms with E-state index in [1.807, 2.05) is 25.1 Å². The summed E-state index contributed by atoms with van der Waals surface area (Å²) in [4.78, 5) is 2.39. The van der Waals surface area contributed by atoms with E-state index in [4.69, 9.17) is 21.1 Å². The summed E-state index contributed by atoms with van der Waals surface area (Å²) in [7, 11) is -3.54. The number of sulfonamides is 1. The maximum atomic E-state index is 12.9. The fourth-order valence-electron chi connectivity index (χ4n) is 3.15. The smallest absolute Gasteiger partial charge is 0.243 e. The quantitative estimate of drug-likeness (QED) is 0.801. The first-order valence-electron chi connectivity index (χ1n) is 8.36. The van der Waals surface area contributed by atoms with Gasteiger partial charge in [-0.1, -0.05) is 17.7 Å². The van der Waals surface area contributed by atoms with E-state index >= 15 is 0 Å². The Morgan fingerprint density at radius 3 is 2.42 bits per heavy atom. The lowest BCUT2D eigenvalue weighted by Crippen LogP contribution is -2.48. The number of ether oxygens (including phenoxy) is 2. The van der Waals surface area contributed by atoms with E-state index in [1.165, 1.54) is 10.4 Å². The molecule has 0 aromatic heterocycles. The van der Waals surface area contributed by atoms with E-state index in [1.54, 1.807) is 12.1 Å². The first-order chi connectivity index (χ1) is 12.4. The molecule has 6 nitrogen and oxygen atoms in total. The van der Waals surface area contributed by atoms with Crippen LogP contribution in [0.5, 0.6) is 11.5 Å². The lowest BCUT2D eigenvalue weighted by atomic mass is 10.2. The molecule has 2 aromatic carbocycles. The van der Waals surface area contributed by atoms with Gasteiger partial charge in [-0.3, -0.25) is 0 Å². The molecule has 2 heterocycles. The van der Waals surface area contributed by atoms with Crippen molar-refractivity contribution in [3.05, 3.63) is 47.0 Å². The third-order valence-corrected chi connectivity index (χ3v) is 7.04. The number of aryl methyl sites for hydroxylation is 1. The number of hydrogen-bond donors (Lipinski definition) is 0. The summed E-state index contributed by atoms with van der Waals surface area (Å²) >= 11 is 6.10. The van der Waals surface area contributed by atoms with Crippen molar-refractivity contribution in [1.29, 1.82) is 0 Å². The highest BCUT2D eigenvalue weighted by Gasteiger charge is 2.29. The minimum atomic E-state index is -3.54.